The van der Waals surface area contributed by atoms with E-state index < -0.39 is 0 Å². The van der Waals surface area contributed by atoms with E-state index in [-0.39, 0.29) is 0 Å². The number of halogens is 1. The van der Waals surface area contributed by atoms with Crippen LogP contribution in [0.2, 0.25) is 0 Å². The minimum absolute atomic E-state index is 0.546. The van der Waals surface area contributed by atoms with E-state index in [1.54, 1.807) is 0 Å². The summed E-state index contributed by atoms with van der Waals surface area (Å²) in [7, 11) is 2.26. The van der Waals surface area contributed by atoms with Crippen LogP contribution in [-0.4, -0.2) is 31.6 Å². The lowest BCUT2D eigenvalue weighted by atomic mass is 9.84. The highest BCUT2D eigenvalue weighted by atomic mass is 79.9. The monoisotopic (exact) mass is 324 g/mol. The first kappa shape index (κ1) is 15.0. The van der Waals surface area contributed by atoms with Crippen LogP contribution in [0.3, 0.4) is 0 Å². The molecule has 1 heterocycles. The van der Waals surface area contributed by atoms with E-state index in [1.807, 2.05) is 0 Å². The lowest BCUT2D eigenvalue weighted by molar-refractivity contribution is 0.120. The molecule has 1 N–H and O–H groups in total. The number of hydrogen-bond donors (Lipinski definition) is 1. The number of hydrogen-bond acceptors (Lipinski definition) is 2. The molecular weight excluding hydrogens is 300 g/mol. The van der Waals surface area contributed by atoms with Crippen LogP contribution >= 0.6 is 15.9 Å². The Morgan fingerprint density at radius 1 is 1.42 bits per heavy atom. The zero-order valence-electron chi connectivity index (χ0n) is 12.2. The third kappa shape index (κ3) is 3.59. The summed E-state index contributed by atoms with van der Waals surface area (Å²) in [5.41, 5.74) is 2.76. The van der Waals surface area contributed by atoms with Gasteiger partial charge >= 0.3 is 0 Å². The molecule has 3 heteroatoms. The van der Waals surface area contributed by atoms with Crippen LogP contribution in [0, 0.1) is 12.8 Å². The van der Waals surface area contributed by atoms with Crippen molar-refractivity contribution in [3.05, 3.63) is 33.8 Å². The van der Waals surface area contributed by atoms with Crippen LogP contribution in [0.4, 0.5) is 0 Å². The fraction of sp³-hybridized carbons (Fsp3) is 0.625. The molecule has 0 saturated carbocycles. The molecule has 2 unspecified atom stereocenters. The predicted octanol–water partition coefficient (Wildman–Crippen LogP) is 3.75. The van der Waals surface area contributed by atoms with Gasteiger partial charge in [0.25, 0.3) is 0 Å². The van der Waals surface area contributed by atoms with E-state index in [2.05, 4.69) is 65.2 Å². The molecular formula is C16H25BrN2. The third-order valence-corrected chi connectivity index (χ3v) is 5.06. The summed E-state index contributed by atoms with van der Waals surface area (Å²) < 4.78 is 1.23. The van der Waals surface area contributed by atoms with Gasteiger partial charge in [-0.05, 0) is 69.6 Å². The molecule has 2 nitrogen and oxygen atoms in total. The fourth-order valence-corrected chi connectivity index (χ4v) is 3.52. The highest BCUT2D eigenvalue weighted by molar-refractivity contribution is 9.10. The normalized spacial score (nSPS) is 24.6. The number of nitrogens with zero attached hydrogens (tertiary/aromatic N) is 1. The van der Waals surface area contributed by atoms with Gasteiger partial charge in [-0.1, -0.05) is 35.0 Å². The third-order valence-electron chi connectivity index (χ3n) is 4.20. The zero-order chi connectivity index (χ0) is 13.8. The van der Waals surface area contributed by atoms with E-state index in [9.17, 15) is 0 Å². The molecule has 19 heavy (non-hydrogen) atoms. The van der Waals surface area contributed by atoms with Gasteiger partial charge in [0.1, 0.15) is 0 Å². The van der Waals surface area contributed by atoms with Crippen molar-refractivity contribution in [1.82, 2.24) is 10.2 Å². The van der Waals surface area contributed by atoms with E-state index in [0.29, 0.717) is 12.0 Å². The van der Waals surface area contributed by atoms with Crippen molar-refractivity contribution in [2.45, 2.75) is 32.7 Å². The van der Waals surface area contributed by atoms with Crippen molar-refractivity contribution < 1.29 is 0 Å². The van der Waals surface area contributed by atoms with Gasteiger partial charge in [0.15, 0.2) is 0 Å². The van der Waals surface area contributed by atoms with Crippen LogP contribution in [0.1, 0.15) is 36.9 Å². The Labute approximate surface area is 125 Å². The molecule has 0 radical (unpaired) electrons. The molecule has 1 aromatic rings. The minimum atomic E-state index is 0.546. The zero-order valence-corrected chi connectivity index (χ0v) is 13.8. The molecule has 2 atom stereocenters. The Morgan fingerprint density at radius 3 is 2.89 bits per heavy atom. The first-order valence-electron chi connectivity index (χ1n) is 7.30. The topological polar surface area (TPSA) is 15.3 Å². The molecule has 0 amide bonds. The summed E-state index contributed by atoms with van der Waals surface area (Å²) >= 11 is 3.67. The number of benzene rings is 1. The van der Waals surface area contributed by atoms with Crippen LogP contribution in [-0.2, 0) is 0 Å². The van der Waals surface area contributed by atoms with Crippen molar-refractivity contribution in [1.29, 1.82) is 0 Å². The average molecular weight is 325 g/mol. The summed E-state index contributed by atoms with van der Waals surface area (Å²) in [5.74, 6) is 0.716. The largest absolute Gasteiger partial charge is 0.317 e. The van der Waals surface area contributed by atoms with E-state index in [4.69, 9.17) is 0 Å². The number of piperidine rings is 1. The van der Waals surface area contributed by atoms with E-state index in [0.717, 1.165) is 13.1 Å². The lowest BCUT2D eigenvalue weighted by Crippen LogP contribution is -2.40. The van der Waals surface area contributed by atoms with Crippen LogP contribution < -0.4 is 5.32 Å². The first-order chi connectivity index (χ1) is 9.13. The summed E-state index contributed by atoms with van der Waals surface area (Å²) in [6.07, 6.45) is 2.64. The maximum atomic E-state index is 3.67. The molecule has 0 bridgehead atoms. The maximum absolute atomic E-state index is 3.67. The Kier molecular flexibility index (Phi) is 5.43. The Balaban J connectivity index is 2.22. The molecule has 1 saturated heterocycles. The summed E-state index contributed by atoms with van der Waals surface area (Å²) in [5, 5.41) is 3.53. The standard InChI is InChI=1S/C16H25BrN2/c1-4-18-11-14-6-5-9-19(3)16(14)13-8-7-12(2)15(17)10-13/h7-8,10,14,16,18H,4-6,9,11H2,1-3H3. The smallest absolute Gasteiger partial charge is 0.0385 e. The quantitative estimate of drug-likeness (QED) is 0.907. The fourth-order valence-electron chi connectivity index (χ4n) is 3.12. The van der Waals surface area contributed by atoms with Crippen molar-refractivity contribution in [2.75, 3.05) is 26.7 Å². The number of likely N-dealkylation sites (tertiary alicyclic amines) is 1. The van der Waals surface area contributed by atoms with Crippen molar-refractivity contribution in [2.24, 2.45) is 5.92 Å². The first-order valence-corrected chi connectivity index (χ1v) is 8.09. The van der Waals surface area contributed by atoms with Crippen LogP contribution in [0.25, 0.3) is 0 Å². The van der Waals surface area contributed by atoms with Gasteiger partial charge in [-0.25, -0.2) is 0 Å². The van der Waals surface area contributed by atoms with Gasteiger partial charge in [0.2, 0.25) is 0 Å². The number of aryl methyl sites for hydroxylation is 1. The van der Waals surface area contributed by atoms with Gasteiger partial charge in [-0.15, -0.1) is 0 Å². The highest BCUT2D eigenvalue weighted by Gasteiger charge is 2.30. The van der Waals surface area contributed by atoms with Crippen molar-refractivity contribution >= 4 is 15.9 Å². The van der Waals surface area contributed by atoms with Crippen LogP contribution in [0.15, 0.2) is 22.7 Å². The molecule has 1 aromatic carbocycles. The molecule has 1 fully saturated rings. The highest BCUT2D eigenvalue weighted by Crippen LogP contribution is 2.36. The van der Waals surface area contributed by atoms with E-state index in [1.165, 1.54) is 35.0 Å². The molecule has 0 aliphatic carbocycles. The molecule has 1 aliphatic rings. The Morgan fingerprint density at radius 2 is 2.21 bits per heavy atom. The number of nitrogens with one attached hydrogen (secondary N) is 1. The second-order valence-corrected chi connectivity index (χ2v) is 6.50. The molecule has 0 spiro atoms. The minimum Gasteiger partial charge on any atom is -0.317 e. The number of rotatable bonds is 4. The second-order valence-electron chi connectivity index (χ2n) is 5.64. The summed E-state index contributed by atoms with van der Waals surface area (Å²) in [6, 6.07) is 7.38. The second kappa shape index (κ2) is 6.87. The van der Waals surface area contributed by atoms with Crippen LogP contribution in [0.5, 0.6) is 0 Å². The van der Waals surface area contributed by atoms with Crippen molar-refractivity contribution in [3.8, 4) is 0 Å². The van der Waals surface area contributed by atoms with Gasteiger partial charge in [-0.2, -0.15) is 0 Å². The van der Waals surface area contributed by atoms with E-state index >= 15 is 0 Å². The van der Waals surface area contributed by atoms with Gasteiger partial charge < -0.3 is 5.32 Å². The lowest BCUT2D eigenvalue weighted by Gasteiger charge is -2.40. The predicted molar refractivity (Wildman–Crippen MR) is 85.5 cm³/mol. The summed E-state index contributed by atoms with van der Waals surface area (Å²) in [4.78, 5) is 2.52. The van der Waals surface area contributed by atoms with Crippen molar-refractivity contribution in [3.63, 3.8) is 0 Å². The Hall–Kier alpha value is -0.380. The molecule has 106 valence electrons. The van der Waals surface area contributed by atoms with Gasteiger partial charge in [0.05, 0.1) is 0 Å². The molecule has 2 rings (SSSR count). The molecule has 1 aliphatic heterocycles. The maximum Gasteiger partial charge on any atom is 0.0385 e. The Bertz CT molecular complexity index is 419. The summed E-state index contributed by atoms with van der Waals surface area (Å²) in [6.45, 7) is 7.72. The molecule has 0 aromatic heterocycles. The van der Waals surface area contributed by atoms with Gasteiger partial charge in [-0.3, -0.25) is 4.90 Å². The average Bonchev–Trinajstić information content (AvgIpc) is 2.40. The van der Waals surface area contributed by atoms with Gasteiger partial charge in [0, 0.05) is 10.5 Å². The SMILES string of the molecule is CCNCC1CCCN(C)C1c1ccc(C)c(Br)c1.